The van der Waals surface area contributed by atoms with Crippen molar-refractivity contribution in [2.75, 3.05) is 4.90 Å². The van der Waals surface area contributed by atoms with Gasteiger partial charge in [-0.3, -0.25) is 0 Å². The topological polar surface area (TPSA) is 8.17 Å². The molecule has 0 N–H and O–H groups in total. The van der Waals surface area contributed by atoms with E-state index < -0.39 is 0 Å². The number of para-hydroxylation sites is 4. The lowest BCUT2D eigenvalue weighted by atomic mass is 9.97. The quantitative estimate of drug-likeness (QED) is 0.141. The second kappa shape index (κ2) is 16.1. The van der Waals surface area contributed by atoms with Crippen molar-refractivity contribution in [3.05, 3.63) is 255 Å². The van der Waals surface area contributed by atoms with Gasteiger partial charge in [0.15, 0.2) is 0 Å². The Balaban J connectivity index is 0.981. The van der Waals surface area contributed by atoms with E-state index in [-0.39, 0.29) is 0 Å². The highest BCUT2D eigenvalue weighted by Crippen LogP contribution is 2.43. The van der Waals surface area contributed by atoms with E-state index >= 15 is 0 Å². The summed E-state index contributed by atoms with van der Waals surface area (Å²) in [5.41, 5.74) is 18.7. The summed E-state index contributed by atoms with van der Waals surface area (Å²) in [6.45, 7) is 0. The lowest BCUT2D eigenvalue weighted by molar-refractivity contribution is 1.18. The van der Waals surface area contributed by atoms with Crippen LogP contribution >= 0.6 is 0 Å². The molecule has 0 aliphatic carbocycles. The van der Waals surface area contributed by atoms with Gasteiger partial charge in [-0.25, -0.2) is 0 Å². The number of rotatable bonds is 9. The molecule has 292 valence electrons. The normalized spacial score (nSPS) is 11.2. The van der Waals surface area contributed by atoms with E-state index in [1.54, 1.807) is 0 Å². The maximum absolute atomic E-state index is 2.41. The molecule has 0 aliphatic rings. The van der Waals surface area contributed by atoms with E-state index in [2.05, 4.69) is 264 Å². The van der Waals surface area contributed by atoms with Gasteiger partial charge in [0.05, 0.1) is 22.4 Å². The van der Waals surface area contributed by atoms with Crippen LogP contribution in [0.3, 0.4) is 0 Å². The molecule has 11 aromatic rings. The summed E-state index contributed by atoms with van der Waals surface area (Å²) in [6, 6.07) is 92.0. The van der Waals surface area contributed by atoms with Crippen molar-refractivity contribution in [3.63, 3.8) is 0 Å². The molecule has 0 spiro atoms. The van der Waals surface area contributed by atoms with Gasteiger partial charge in [0.25, 0.3) is 0 Å². The van der Waals surface area contributed by atoms with E-state index in [9.17, 15) is 0 Å². The van der Waals surface area contributed by atoms with Crippen LogP contribution in [-0.2, 0) is 0 Å². The van der Waals surface area contributed by atoms with Gasteiger partial charge in [-0.05, 0) is 99.1 Å². The van der Waals surface area contributed by atoms with Gasteiger partial charge in [0, 0.05) is 33.3 Å². The van der Waals surface area contributed by atoms with Crippen LogP contribution < -0.4 is 4.90 Å². The van der Waals surface area contributed by atoms with Crippen molar-refractivity contribution in [1.29, 1.82) is 0 Å². The summed E-state index contributed by atoms with van der Waals surface area (Å²) in [6.07, 6.45) is 0. The molecule has 0 unspecified atom stereocenters. The molecule has 0 aliphatic heterocycles. The molecule has 1 aromatic heterocycles. The number of hydrogen-bond donors (Lipinski definition) is 0. The zero-order chi connectivity index (χ0) is 41.2. The number of hydrogen-bond acceptors (Lipinski definition) is 1. The van der Waals surface area contributed by atoms with Gasteiger partial charge < -0.3 is 9.47 Å². The van der Waals surface area contributed by atoms with Gasteiger partial charge >= 0.3 is 0 Å². The van der Waals surface area contributed by atoms with Crippen LogP contribution in [0.5, 0.6) is 0 Å². The Bertz CT molecular complexity index is 3270. The van der Waals surface area contributed by atoms with Crippen LogP contribution in [0.2, 0.25) is 0 Å². The second-order valence-electron chi connectivity index (χ2n) is 15.7. The van der Waals surface area contributed by atoms with Gasteiger partial charge in [0.2, 0.25) is 0 Å². The molecule has 0 bridgehead atoms. The molecular formula is C60H42N2. The van der Waals surface area contributed by atoms with Crippen LogP contribution in [0.4, 0.5) is 17.1 Å². The van der Waals surface area contributed by atoms with Crippen LogP contribution in [0.1, 0.15) is 0 Å². The Morgan fingerprint density at radius 1 is 0.258 bits per heavy atom. The fraction of sp³-hybridized carbons (Fsp3) is 0. The summed E-state index contributed by atoms with van der Waals surface area (Å²) < 4.78 is 2.41. The van der Waals surface area contributed by atoms with E-state index in [4.69, 9.17) is 0 Å². The predicted octanol–water partition coefficient (Wildman–Crippen LogP) is 16.6. The van der Waals surface area contributed by atoms with Gasteiger partial charge in [-0.15, -0.1) is 0 Å². The lowest BCUT2D eigenvalue weighted by Crippen LogP contribution is -2.11. The highest BCUT2D eigenvalue weighted by Gasteiger charge is 2.19. The van der Waals surface area contributed by atoms with Crippen LogP contribution in [-0.4, -0.2) is 4.57 Å². The number of benzene rings is 10. The highest BCUT2D eigenvalue weighted by molar-refractivity contribution is 6.09. The SMILES string of the molecule is c1ccc(-c2ccc(-c3cccc(N(c4ccc(-c5cccc(-c6ccccc6-n6c7ccccc7c7ccccc76)c5)cc4)c4ccccc4-c4ccccc4)c3)cc2)cc1. The molecule has 0 radical (unpaired) electrons. The first-order valence-corrected chi connectivity index (χ1v) is 21.3. The average molecular weight is 791 g/mol. The Hall–Kier alpha value is -8.20. The summed E-state index contributed by atoms with van der Waals surface area (Å²) >= 11 is 0. The fourth-order valence-electron chi connectivity index (χ4n) is 9.03. The van der Waals surface area contributed by atoms with Crippen molar-refractivity contribution >= 4 is 38.9 Å². The monoisotopic (exact) mass is 790 g/mol. The summed E-state index contributed by atoms with van der Waals surface area (Å²) in [5.74, 6) is 0. The number of aromatic nitrogens is 1. The largest absolute Gasteiger partial charge is 0.310 e. The molecule has 1 heterocycles. The fourth-order valence-corrected chi connectivity index (χ4v) is 9.03. The maximum atomic E-state index is 2.41. The summed E-state index contributed by atoms with van der Waals surface area (Å²) in [5, 5.41) is 2.52. The number of fused-ring (bicyclic) bond motifs is 3. The summed E-state index contributed by atoms with van der Waals surface area (Å²) in [4.78, 5) is 2.40. The standard InChI is InChI=1S/C60H42N2/c1-3-17-43(18-4-1)44-33-35-45(36-34-44)49-22-16-24-52(42-49)61(57-29-11-7-25-53(57)47-19-5-2-6-20-47)51-39-37-46(38-40-51)48-21-15-23-50(41-48)54-26-8-12-30-58(54)62-59-31-13-9-27-55(59)56-28-10-14-32-60(56)62/h1-42H. The van der Waals surface area contributed by atoms with E-state index in [1.807, 2.05) is 0 Å². The highest BCUT2D eigenvalue weighted by atomic mass is 15.1. The number of anilines is 3. The van der Waals surface area contributed by atoms with E-state index in [1.165, 1.54) is 77.6 Å². The minimum absolute atomic E-state index is 1.08. The second-order valence-corrected chi connectivity index (χ2v) is 15.7. The average Bonchev–Trinajstić information content (AvgIpc) is 3.69. The lowest BCUT2D eigenvalue weighted by Gasteiger charge is -2.28. The minimum Gasteiger partial charge on any atom is -0.310 e. The van der Waals surface area contributed by atoms with Crippen molar-refractivity contribution in [2.45, 2.75) is 0 Å². The summed E-state index contributed by atoms with van der Waals surface area (Å²) in [7, 11) is 0. The van der Waals surface area contributed by atoms with Crippen molar-refractivity contribution in [1.82, 2.24) is 4.57 Å². The first-order valence-electron chi connectivity index (χ1n) is 21.3. The Morgan fingerprint density at radius 3 is 1.39 bits per heavy atom. The zero-order valence-electron chi connectivity index (χ0n) is 34.1. The first-order chi connectivity index (χ1) is 30.8. The third-order valence-electron chi connectivity index (χ3n) is 12.0. The molecule has 0 saturated carbocycles. The Morgan fingerprint density at radius 2 is 0.710 bits per heavy atom. The first kappa shape index (κ1) is 36.8. The molecule has 62 heavy (non-hydrogen) atoms. The smallest absolute Gasteiger partial charge is 0.0541 e. The number of nitrogens with zero attached hydrogens (tertiary/aromatic N) is 2. The van der Waals surface area contributed by atoms with Crippen LogP contribution in [0, 0.1) is 0 Å². The molecule has 0 amide bonds. The zero-order valence-corrected chi connectivity index (χ0v) is 34.1. The van der Waals surface area contributed by atoms with Gasteiger partial charge in [0.1, 0.15) is 0 Å². The molecule has 0 atom stereocenters. The molecule has 2 nitrogen and oxygen atoms in total. The Labute approximate surface area is 362 Å². The molecule has 0 saturated heterocycles. The maximum Gasteiger partial charge on any atom is 0.0541 e. The van der Waals surface area contributed by atoms with Crippen molar-refractivity contribution < 1.29 is 0 Å². The predicted molar refractivity (Wildman–Crippen MR) is 263 cm³/mol. The van der Waals surface area contributed by atoms with Crippen molar-refractivity contribution in [2.24, 2.45) is 0 Å². The van der Waals surface area contributed by atoms with Crippen LogP contribution in [0.15, 0.2) is 255 Å². The van der Waals surface area contributed by atoms with Gasteiger partial charge in [-0.1, -0.05) is 200 Å². The Kier molecular flexibility index (Phi) is 9.57. The molecular weight excluding hydrogens is 749 g/mol. The third kappa shape index (κ3) is 6.84. The van der Waals surface area contributed by atoms with Crippen LogP contribution in [0.25, 0.3) is 83.1 Å². The van der Waals surface area contributed by atoms with Gasteiger partial charge in [-0.2, -0.15) is 0 Å². The molecule has 10 aromatic carbocycles. The molecule has 2 heteroatoms. The van der Waals surface area contributed by atoms with E-state index in [0.717, 1.165) is 22.6 Å². The molecule has 0 fully saturated rings. The minimum atomic E-state index is 1.08. The molecule has 11 rings (SSSR count). The van der Waals surface area contributed by atoms with Crippen molar-refractivity contribution in [3.8, 4) is 61.3 Å². The van der Waals surface area contributed by atoms with E-state index in [0.29, 0.717) is 0 Å². The third-order valence-corrected chi connectivity index (χ3v) is 12.0.